The van der Waals surface area contributed by atoms with Crippen LogP contribution < -0.4 is 5.32 Å². The Morgan fingerprint density at radius 3 is 2.45 bits per heavy atom. The van der Waals surface area contributed by atoms with Crippen molar-refractivity contribution in [2.75, 3.05) is 0 Å². The molecule has 1 aliphatic carbocycles. The highest BCUT2D eigenvalue weighted by Gasteiger charge is 2.42. The Bertz CT molecular complexity index is 363. The van der Waals surface area contributed by atoms with Crippen molar-refractivity contribution >= 4 is 11.8 Å². The number of likely N-dealkylation sites (tertiary alicyclic amines) is 1. The molecule has 1 saturated carbocycles. The van der Waals surface area contributed by atoms with Crippen LogP contribution in [0, 0.1) is 5.92 Å². The molecule has 20 heavy (non-hydrogen) atoms. The molecule has 2 amide bonds. The van der Waals surface area contributed by atoms with Crippen LogP contribution in [0.1, 0.15) is 65.7 Å². The quantitative estimate of drug-likeness (QED) is 0.787. The van der Waals surface area contributed by atoms with Crippen LogP contribution >= 0.6 is 0 Å². The molecular weight excluding hydrogens is 252 g/mol. The van der Waals surface area contributed by atoms with Gasteiger partial charge < -0.3 is 5.32 Å². The minimum Gasteiger partial charge on any atom is -0.303 e. The van der Waals surface area contributed by atoms with E-state index in [0.29, 0.717) is 12.3 Å². The first-order chi connectivity index (χ1) is 9.54. The fourth-order valence-corrected chi connectivity index (χ4v) is 3.34. The minimum atomic E-state index is -0.298. The maximum atomic E-state index is 12.5. The summed E-state index contributed by atoms with van der Waals surface area (Å²) in [6, 6.07) is 0.135. The Labute approximate surface area is 122 Å². The van der Waals surface area contributed by atoms with Crippen molar-refractivity contribution < 1.29 is 9.59 Å². The van der Waals surface area contributed by atoms with Gasteiger partial charge >= 0.3 is 0 Å². The van der Waals surface area contributed by atoms with Crippen molar-refractivity contribution in [1.82, 2.24) is 10.2 Å². The zero-order valence-corrected chi connectivity index (χ0v) is 13.0. The summed E-state index contributed by atoms with van der Waals surface area (Å²) in [5, 5.41) is 3.37. The second-order valence-electron chi connectivity index (χ2n) is 6.49. The Hall–Kier alpha value is -0.900. The van der Waals surface area contributed by atoms with Gasteiger partial charge in [0.25, 0.3) is 0 Å². The van der Waals surface area contributed by atoms with Gasteiger partial charge in [0.05, 0.1) is 12.5 Å². The molecule has 3 atom stereocenters. The predicted octanol–water partition coefficient (Wildman–Crippen LogP) is 2.47. The maximum Gasteiger partial charge on any atom is 0.247 e. The van der Waals surface area contributed by atoms with Gasteiger partial charge in [0, 0.05) is 12.1 Å². The maximum absolute atomic E-state index is 12.5. The fraction of sp³-hybridized carbons (Fsp3) is 0.875. The highest BCUT2D eigenvalue weighted by atomic mass is 16.2. The normalized spacial score (nSPS) is 27.9. The third-order valence-corrected chi connectivity index (χ3v) is 5.08. The van der Waals surface area contributed by atoms with Crippen molar-refractivity contribution in [2.45, 2.75) is 83.8 Å². The van der Waals surface area contributed by atoms with Crippen LogP contribution in [0.5, 0.6) is 0 Å². The first-order valence-corrected chi connectivity index (χ1v) is 8.16. The molecule has 0 radical (unpaired) electrons. The van der Waals surface area contributed by atoms with Gasteiger partial charge in [0.2, 0.25) is 11.8 Å². The predicted molar refractivity (Wildman–Crippen MR) is 79.2 cm³/mol. The minimum absolute atomic E-state index is 0.0112. The molecule has 0 aromatic carbocycles. The van der Waals surface area contributed by atoms with Crippen LogP contribution in [0.3, 0.4) is 0 Å². The van der Waals surface area contributed by atoms with E-state index in [1.54, 1.807) is 4.90 Å². The number of hydrogen-bond donors (Lipinski definition) is 1. The molecule has 0 aromatic rings. The summed E-state index contributed by atoms with van der Waals surface area (Å²) in [5.41, 5.74) is 0. The standard InChI is InChI=1S/C16H28N2O2/c1-4-11(2)12(3)17-14-10-15(19)18(16(14)20)13-8-6-5-7-9-13/h11-14,17H,4-10H2,1-3H3. The summed E-state index contributed by atoms with van der Waals surface area (Å²) in [5.74, 6) is 0.550. The van der Waals surface area contributed by atoms with Crippen LogP contribution in [-0.4, -0.2) is 34.8 Å². The fourth-order valence-electron chi connectivity index (χ4n) is 3.34. The molecular formula is C16H28N2O2. The van der Waals surface area contributed by atoms with E-state index >= 15 is 0 Å². The smallest absolute Gasteiger partial charge is 0.247 e. The summed E-state index contributed by atoms with van der Waals surface area (Å²) in [4.78, 5) is 26.3. The Balaban J connectivity index is 1.97. The molecule has 0 aromatic heterocycles. The second-order valence-corrected chi connectivity index (χ2v) is 6.49. The molecule has 0 bridgehead atoms. The first kappa shape index (κ1) is 15.5. The molecule has 1 saturated heterocycles. The molecule has 114 valence electrons. The van der Waals surface area contributed by atoms with Gasteiger partial charge in [0.15, 0.2) is 0 Å². The summed E-state index contributed by atoms with van der Waals surface area (Å²) in [6.45, 7) is 6.44. The molecule has 4 nitrogen and oxygen atoms in total. The molecule has 0 spiro atoms. The molecule has 1 aliphatic heterocycles. The number of nitrogens with one attached hydrogen (secondary N) is 1. The van der Waals surface area contributed by atoms with Gasteiger partial charge in [0.1, 0.15) is 0 Å². The number of imide groups is 1. The lowest BCUT2D eigenvalue weighted by Gasteiger charge is -2.30. The van der Waals surface area contributed by atoms with Crippen LogP contribution in [0.4, 0.5) is 0 Å². The van der Waals surface area contributed by atoms with E-state index in [4.69, 9.17) is 0 Å². The Kier molecular flexibility index (Phi) is 5.19. The average Bonchev–Trinajstić information content (AvgIpc) is 2.73. The molecule has 2 fully saturated rings. The highest BCUT2D eigenvalue weighted by Crippen LogP contribution is 2.27. The van der Waals surface area contributed by atoms with E-state index in [0.717, 1.165) is 32.1 Å². The van der Waals surface area contributed by atoms with Crippen molar-refractivity contribution in [1.29, 1.82) is 0 Å². The lowest BCUT2D eigenvalue weighted by atomic mass is 9.94. The van der Waals surface area contributed by atoms with Gasteiger partial charge in [-0.05, 0) is 25.7 Å². The number of hydrogen-bond acceptors (Lipinski definition) is 3. The highest BCUT2D eigenvalue weighted by molar-refractivity contribution is 6.05. The van der Waals surface area contributed by atoms with Gasteiger partial charge in [-0.1, -0.05) is 39.5 Å². The Morgan fingerprint density at radius 2 is 1.85 bits per heavy atom. The molecule has 2 rings (SSSR count). The van der Waals surface area contributed by atoms with Gasteiger partial charge in [-0.15, -0.1) is 0 Å². The van der Waals surface area contributed by atoms with E-state index in [-0.39, 0.29) is 29.9 Å². The summed E-state index contributed by atoms with van der Waals surface area (Å²) >= 11 is 0. The lowest BCUT2D eigenvalue weighted by molar-refractivity contribution is -0.142. The van der Waals surface area contributed by atoms with Crippen LogP contribution in [0.25, 0.3) is 0 Å². The van der Waals surface area contributed by atoms with Crippen LogP contribution in [0.2, 0.25) is 0 Å². The number of rotatable bonds is 5. The van der Waals surface area contributed by atoms with Gasteiger partial charge in [-0.2, -0.15) is 0 Å². The molecule has 2 aliphatic rings. The van der Waals surface area contributed by atoms with Crippen LogP contribution in [-0.2, 0) is 9.59 Å². The zero-order valence-electron chi connectivity index (χ0n) is 13.0. The van der Waals surface area contributed by atoms with E-state index < -0.39 is 0 Å². The number of carbonyl (C=O) groups excluding carboxylic acids is 2. The SMILES string of the molecule is CCC(C)C(C)NC1CC(=O)N(C2CCCCC2)C1=O. The first-order valence-electron chi connectivity index (χ1n) is 8.16. The third kappa shape index (κ3) is 3.22. The molecule has 1 N–H and O–H groups in total. The lowest BCUT2D eigenvalue weighted by Crippen LogP contribution is -2.47. The number of carbonyl (C=O) groups is 2. The van der Waals surface area contributed by atoms with Gasteiger partial charge in [-0.25, -0.2) is 0 Å². The topological polar surface area (TPSA) is 49.4 Å². The van der Waals surface area contributed by atoms with Crippen molar-refractivity contribution in [2.24, 2.45) is 5.92 Å². The molecule has 1 heterocycles. The monoisotopic (exact) mass is 280 g/mol. The van der Waals surface area contributed by atoms with Crippen LogP contribution in [0.15, 0.2) is 0 Å². The number of amides is 2. The van der Waals surface area contributed by atoms with E-state index in [2.05, 4.69) is 26.1 Å². The second kappa shape index (κ2) is 6.70. The summed E-state index contributed by atoms with van der Waals surface area (Å²) in [6.07, 6.45) is 6.92. The average molecular weight is 280 g/mol. The molecule has 4 heteroatoms. The summed E-state index contributed by atoms with van der Waals surface area (Å²) in [7, 11) is 0. The van der Waals surface area contributed by atoms with E-state index in [1.807, 2.05) is 0 Å². The third-order valence-electron chi connectivity index (χ3n) is 5.08. The number of nitrogens with zero attached hydrogens (tertiary/aromatic N) is 1. The largest absolute Gasteiger partial charge is 0.303 e. The van der Waals surface area contributed by atoms with Crippen molar-refractivity contribution in [3.05, 3.63) is 0 Å². The van der Waals surface area contributed by atoms with E-state index in [1.165, 1.54) is 6.42 Å². The van der Waals surface area contributed by atoms with Crippen molar-refractivity contribution in [3.63, 3.8) is 0 Å². The van der Waals surface area contributed by atoms with Crippen molar-refractivity contribution in [3.8, 4) is 0 Å². The Morgan fingerprint density at radius 1 is 1.20 bits per heavy atom. The summed E-state index contributed by atoms with van der Waals surface area (Å²) < 4.78 is 0. The van der Waals surface area contributed by atoms with Gasteiger partial charge in [-0.3, -0.25) is 14.5 Å². The molecule has 3 unspecified atom stereocenters. The zero-order chi connectivity index (χ0) is 14.7. The van der Waals surface area contributed by atoms with E-state index in [9.17, 15) is 9.59 Å².